The van der Waals surface area contributed by atoms with Crippen molar-refractivity contribution in [1.29, 1.82) is 0 Å². The third kappa shape index (κ3) is 3.23. The molecule has 62 valence electrons. The monoisotopic (exact) mass is 258 g/mol. The number of hydrogen-bond acceptors (Lipinski definition) is 1. The van der Waals surface area contributed by atoms with Crippen LogP contribution in [-0.2, 0) is 19.5 Å². The summed E-state index contributed by atoms with van der Waals surface area (Å²) in [6.07, 6.45) is 0. The molecule has 0 aliphatic heterocycles. The quantitative estimate of drug-likeness (QED) is 0.508. The van der Waals surface area contributed by atoms with Gasteiger partial charge in [0.05, 0.1) is 0 Å². The van der Waals surface area contributed by atoms with E-state index >= 15 is 0 Å². The fourth-order valence-electron chi connectivity index (χ4n) is 0.999. The van der Waals surface area contributed by atoms with E-state index in [0.29, 0.717) is 0 Å². The Morgan fingerprint density at radius 3 is 2.23 bits per heavy atom. The van der Waals surface area contributed by atoms with Gasteiger partial charge >= 0.3 is 19.5 Å². The fraction of sp³-hybridized carbons (Fsp3) is 0. The molecule has 2 rings (SSSR count). The molecule has 0 atom stereocenters. The Bertz CT molecular complexity index is 318. The summed E-state index contributed by atoms with van der Waals surface area (Å²) >= 11 is 1.65. The Balaban J connectivity index is 0.000000720. The average Bonchev–Trinajstić information content (AvgIpc) is 2.58. The first-order valence-corrected chi connectivity index (χ1v) is 4.30. The number of hydrogen-bond donors (Lipinski definition) is 0. The summed E-state index contributed by atoms with van der Waals surface area (Å²) in [6.45, 7) is 0. The Labute approximate surface area is 101 Å². The van der Waals surface area contributed by atoms with Gasteiger partial charge in [0, 0.05) is 0 Å². The first-order valence-electron chi connectivity index (χ1n) is 3.48. The van der Waals surface area contributed by atoms with Gasteiger partial charge in [0.25, 0.3) is 0 Å². The van der Waals surface area contributed by atoms with E-state index in [1.165, 1.54) is 10.4 Å². The van der Waals surface area contributed by atoms with Crippen LogP contribution >= 0.6 is 11.3 Å². The molecule has 1 heterocycles. The predicted molar refractivity (Wildman–Crippen MR) is 48.6 cm³/mol. The first-order chi connectivity index (χ1) is 5.47. The van der Waals surface area contributed by atoms with Crippen LogP contribution in [0.3, 0.4) is 0 Å². The minimum absolute atomic E-state index is 0. The van der Waals surface area contributed by atoms with Crippen molar-refractivity contribution in [3.63, 3.8) is 0 Å². The minimum atomic E-state index is 0. The van der Waals surface area contributed by atoms with Crippen molar-refractivity contribution in [3.05, 3.63) is 47.8 Å². The second-order valence-corrected chi connectivity index (χ2v) is 3.16. The van der Waals surface area contributed by atoms with E-state index in [-0.39, 0.29) is 31.9 Å². The standard InChI is InChI=1S/C10H7S.ClH.Zn/c1-2-5-9(6-3-1)10-7-4-8-11-10;;/h1-7H;1H;/q-1;;+2/p-1. The largest absolute Gasteiger partial charge is 2.00 e. The number of halogens is 1. The molecule has 0 N–H and O–H groups in total. The summed E-state index contributed by atoms with van der Waals surface area (Å²) in [5, 5.41) is 3.07. The molecule has 2 aromatic rings. The molecular formula is C10H7ClSZn. The molecule has 0 radical (unpaired) electrons. The van der Waals surface area contributed by atoms with Crippen molar-refractivity contribution in [1.82, 2.24) is 0 Å². The summed E-state index contributed by atoms with van der Waals surface area (Å²) in [5.41, 5.74) is 1.28. The van der Waals surface area contributed by atoms with Crippen molar-refractivity contribution in [2.24, 2.45) is 0 Å². The average molecular weight is 260 g/mol. The molecule has 0 aliphatic carbocycles. The molecule has 0 saturated heterocycles. The molecule has 1 aromatic carbocycles. The molecule has 0 aliphatic rings. The van der Waals surface area contributed by atoms with Gasteiger partial charge in [0.15, 0.2) is 0 Å². The zero-order valence-corrected chi connectivity index (χ0v) is 11.6. The van der Waals surface area contributed by atoms with E-state index in [9.17, 15) is 0 Å². The van der Waals surface area contributed by atoms with E-state index in [0.717, 1.165) is 0 Å². The van der Waals surface area contributed by atoms with E-state index in [1.807, 2.05) is 12.1 Å². The van der Waals surface area contributed by atoms with Gasteiger partial charge < -0.3 is 12.4 Å². The molecule has 0 saturated carbocycles. The molecule has 0 unspecified atom stereocenters. The Morgan fingerprint density at radius 2 is 1.69 bits per heavy atom. The third-order valence-electron chi connectivity index (χ3n) is 1.53. The molecule has 0 amide bonds. The summed E-state index contributed by atoms with van der Waals surface area (Å²) in [4.78, 5) is 1.28. The summed E-state index contributed by atoms with van der Waals surface area (Å²) in [7, 11) is 0. The third-order valence-corrected chi connectivity index (χ3v) is 2.38. The molecule has 3 heteroatoms. The first kappa shape index (κ1) is 12.8. The molecule has 13 heavy (non-hydrogen) atoms. The van der Waals surface area contributed by atoms with Gasteiger partial charge in [0.1, 0.15) is 0 Å². The van der Waals surface area contributed by atoms with Crippen molar-refractivity contribution in [3.8, 4) is 10.4 Å². The molecular weight excluding hydrogens is 253 g/mol. The maximum absolute atomic E-state index is 3.07. The zero-order chi connectivity index (χ0) is 7.52. The molecule has 0 spiro atoms. The SMILES string of the molecule is [Cl-].[Zn+2].[c-]1ccc(-c2ccccc2)s1. The molecule has 0 bridgehead atoms. The summed E-state index contributed by atoms with van der Waals surface area (Å²) < 4.78 is 0. The van der Waals surface area contributed by atoms with Gasteiger partial charge in [-0.2, -0.15) is 12.1 Å². The van der Waals surface area contributed by atoms with E-state index in [2.05, 4.69) is 35.7 Å². The number of thiophene rings is 1. The van der Waals surface area contributed by atoms with Crippen LogP contribution in [0.25, 0.3) is 10.4 Å². The van der Waals surface area contributed by atoms with Crippen LogP contribution in [0.2, 0.25) is 0 Å². The Kier molecular flexibility index (Phi) is 6.23. The number of rotatable bonds is 1. The Morgan fingerprint density at radius 1 is 1.00 bits per heavy atom. The fourth-order valence-corrected chi connectivity index (χ4v) is 1.65. The van der Waals surface area contributed by atoms with Crippen LogP contribution in [0.1, 0.15) is 0 Å². The van der Waals surface area contributed by atoms with Crippen LogP contribution in [0.15, 0.2) is 42.5 Å². The van der Waals surface area contributed by atoms with Crippen molar-refractivity contribution >= 4 is 11.3 Å². The topological polar surface area (TPSA) is 0 Å². The van der Waals surface area contributed by atoms with Crippen LogP contribution < -0.4 is 12.4 Å². The van der Waals surface area contributed by atoms with Gasteiger partial charge in [-0.15, -0.1) is 10.3 Å². The molecule has 0 nitrogen and oxygen atoms in total. The van der Waals surface area contributed by atoms with Crippen LogP contribution in [0.4, 0.5) is 0 Å². The van der Waals surface area contributed by atoms with Gasteiger partial charge in [-0.1, -0.05) is 35.9 Å². The van der Waals surface area contributed by atoms with E-state index in [4.69, 9.17) is 0 Å². The number of benzene rings is 1. The van der Waals surface area contributed by atoms with Gasteiger partial charge in [-0.05, 0) is 0 Å². The van der Waals surface area contributed by atoms with Gasteiger partial charge in [-0.25, -0.2) is 0 Å². The van der Waals surface area contributed by atoms with Crippen molar-refractivity contribution < 1.29 is 31.9 Å². The summed E-state index contributed by atoms with van der Waals surface area (Å²) in [6, 6.07) is 14.4. The predicted octanol–water partition coefficient (Wildman–Crippen LogP) is 0.217. The smallest absolute Gasteiger partial charge is 1.00 e. The van der Waals surface area contributed by atoms with Crippen molar-refractivity contribution in [2.75, 3.05) is 0 Å². The zero-order valence-electron chi connectivity index (χ0n) is 7.03. The van der Waals surface area contributed by atoms with Crippen LogP contribution in [0, 0.1) is 5.38 Å². The molecule has 1 aromatic heterocycles. The van der Waals surface area contributed by atoms with Crippen LogP contribution in [0.5, 0.6) is 0 Å². The summed E-state index contributed by atoms with van der Waals surface area (Å²) in [5.74, 6) is 0. The van der Waals surface area contributed by atoms with Gasteiger partial charge in [-0.3, -0.25) is 11.3 Å². The second kappa shape index (κ2) is 6.31. The maximum Gasteiger partial charge on any atom is 2.00 e. The van der Waals surface area contributed by atoms with Gasteiger partial charge in [0.2, 0.25) is 0 Å². The Hall–Kier alpha value is -0.167. The van der Waals surface area contributed by atoms with Crippen molar-refractivity contribution in [2.45, 2.75) is 0 Å². The van der Waals surface area contributed by atoms with Crippen LogP contribution in [-0.4, -0.2) is 0 Å². The maximum atomic E-state index is 3.07. The second-order valence-electron chi connectivity index (χ2n) is 2.28. The van der Waals surface area contributed by atoms with E-state index in [1.54, 1.807) is 11.3 Å². The molecule has 0 fully saturated rings. The normalized spacial score (nSPS) is 8.31. The minimum Gasteiger partial charge on any atom is -1.00 e. The van der Waals surface area contributed by atoms with E-state index < -0.39 is 0 Å².